The van der Waals surface area contributed by atoms with Crippen molar-refractivity contribution in [3.8, 4) is 23.7 Å². The predicted molar refractivity (Wildman–Crippen MR) is 141 cm³/mol. The molecule has 0 aliphatic heterocycles. The van der Waals surface area contributed by atoms with E-state index in [-0.39, 0.29) is 5.82 Å². The van der Waals surface area contributed by atoms with Gasteiger partial charge in [-0.15, -0.1) is 0 Å². The molecule has 0 saturated heterocycles. The topological polar surface area (TPSA) is 0 Å². The average Bonchev–Trinajstić information content (AvgIpc) is 2.86. The Hall–Kier alpha value is -3.81. The van der Waals surface area contributed by atoms with Gasteiger partial charge in [0.15, 0.2) is 0 Å². The zero-order valence-corrected chi connectivity index (χ0v) is 19.9. The van der Waals surface area contributed by atoms with Crippen molar-refractivity contribution in [2.24, 2.45) is 0 Å². The van der Waals surface area contributed by atoms with E-state index in [9.17, 15) is 4.39 Å². The smallest absolute Gasteiger partial charge is 0.146 e. The predicted octanol–water partition coefficient (Wildman–Crippen LogP) is 8.21. The van der Waals surface area contributed by atoms with Gasteiger partial charge in [-0.05, 0) is 73.2 Å². The second-order valence-electron chi connectivity index (χ2n) is 8.74. The Bertz CT molecular complexity index is 1390. The Kier molecular flexibility index (Phi) is 7.80. The summed E-state index contributed by atoms with van der Waals surface area (Å²) in [7, 11) is 0. The number of fused-ring (bicyclic) bond motifs is 1. The van der Waals surface area contributed by atoms with Gasteiger partial charge in [-0.1, -0.05) is 91.8 Å². The van der Waals surface area contributed by atoms with E-state index < -0.39 is 0 Å². The molecule has 34 heavy (non-hydrogen) atoms. The fourth-order valence-electron chi connectivity index (χ4n) is 3.94. The quantitative estimate of drug-likeness (QED) is 0.215. The molecule has 0 spiro atoms. The van der Waals surface area contributed by atoms with Gasteiger partial charge in [0.2, 0.25) is 0 Å². The Morgan fingerprint density at radius 1 is 0.647 bits per heavy atom. The van der Waals surface area contributed by atoms with Crippen molar-refractivity contribution < 1.29 is 4.39 Å². The largest absolute Gasteiger partial charge is 0.205 e. The standard InChI is InChI=1S/C33H29F/c1-3-4-5-6-7-26-9-11-27(12-10-26)13-14-28-15-17-29(18-16-28)19-20-30-21-22-31-24-25(2)8-23-32(31)33(30)34/h8-12,15-18,21-24H,3-7H2,1-2H3. The molecule has 0 aliphatic carbocycles. The molecule has 1 heteroatoms. The number of halogens is 1. The van der Waals surface area contributed by atoms with Crippen molar-refractivity contribution in [1.82, 2.24) is 0 Å². The molecule has 0 bridgehead atoms. The fraction of sp³-hybridized carbons (Fsp3) is 0.212. The van der Waals surface area contributed by atoms with E-state index >= 15 is 0 Å². The minimum Gasteiger partial charge on any atom is -0.205 e. The number of aryl methyl sites for hydroxylation is 2. The number of rotatable bonds is 5. The highest BCUT2D eigenvalue weighted by molar-refractivity contribution is 5.85. The Balaban J connectivity index is 1.41. The molecule has 4 rings (SSSR count). The Labute approximate surface area is 202 Å². The first kappa shape index (κ1) is 23.4. The average molecular weight is 445 g/mol. The minimum atomic E-state index is -0.264. The zero-order valence-electron chi connectivity index (χ0n) is 19.9. The first-order valence-electron chi connectivity index (χ1n) is 12.0. The summed E-state index contributed by atoms with van der Waals surface area (Å²) in [6, 6.07) is 25.7. The summed E-state index contributed by atoms with van der Waals surface area (Å²) in [6.07, 6.45) is 6.27. The molecular formula is C33H29F. The van der Waals surface area contributed by atoms with Gasteiger partial charge in [0.1, 0.15) is 5.82 Å². The third-order valence-corrected chi connectivity index (χ3v) is 5.96. The van der Waals surface area contributed by atoms with Crippen LogP contribution in [0.3, 0.4) is 0 Å². The molecular weight excluding hydrogens is 415 g/mol. The highest BCUT2D eigenvalue weighted by Gasteiger charge is 2.05. The molecule has 168 valence electrons. The monoisotopic (exact) mass is 444 g/mol. The summed E-state index contributed by atoms with van der Waals surface area (Å²) in [6.45, 7) is 4.24. The number of hydrogen-bond acceptors (Lipinski definition) is 0. The first-order chi connectivity index (χ1) is 16.6. The molecule has 0 aromatic heterocycles. The van der Waals surface area contributed by atoms with E-state index in [2.05, 4.69) is 54.9 Å². The van der Waals surface area contributed by atoms with Crippen LogP contribution in [-0.4, -0.2) is 0 Å². The maximum absolute atomic E-state index is 14.8. The zero-order chi connectivity index (χ0) is 23.8. The highest BCUT2D eigenvalue weighted by Crippen LogP contribution is 2.22. The van der Waals surface area contributed by atoms with E-state index in [1.807, 2.05) is 55.5 Å². The van der Waals surface area contributed by atoms with E-state index in [0.29, 0.717) is 10.9 Å². The molecule has 0 heterocycles. The molecule has 0 radical (unpaired) electrons. The summed E-state index contributed by atoms with van der Waals surface area (Å²) in [5.41, 5.74) is 5.69. The van der Waals surface area contributed by atoms with Crippen LogP contribution >= 0.6 is 0 Å². The van der Waals surface area contributed by atoms with E-state index in [1.165, 1.54) is 31.2 Å². The summed E-state index contributed by atoms with van der Waals surface area (Å²) in [5.74, 6) is 12.2. The fourth-order valence-corrected chi connectivity index (χ4v) is 3.94. The maximum Gasteiger partial charge on any atom is 0.146 e. The molecule has 0 amide bonds. The lowest BCUT2D eigenvalue weighted by molar-refractivity contribution is 0.636. The lowest BCUT2D eigenvalue weighted by Gasteiger charge is -2.03. The van der Waals surface area contributed by atoms with Crippen molar-refractivity contribution in [3.63, 3.8) is 0 Å². The van der Waals surface area contributed by atoms with Crippen LogP contribution in [0.5, 0.6) is 0 Å². The van der Waals surface area contributed by atoms with Gasteiger partial charge in [-0.2, -0.15) is 0 Å². The van der Waals surface area contributed by atoms with Crippen molar-refractivity contribution in [2.75, 3.05) is 0 Å². The SMILES string of the molecule is CCCCCCc1ccc(C#Cc2ccc(C#Cc3ccc4cc(C)ccc4c3F)cc2)cc1. The van der Waals surface area contributed by atoms with Crippen molar-refractivity contribution >= 4 is 10.8 Å². The molecule has 0 nitrogen and oxygen atoms in total. The summed E-state index contributed by atoms with van der Waals surface area (Å²) < 4.78 is 14.8. The number of unbranched alkanes of at least 4 members (excludes halogenated alkanes) is 3. The Morgan fingerprint density at radius 3 is 1.91 bits per heavy atom. The molecule has 4 aromatic rings. The van der Waals surface area contributed by atoms with Crippen LogP contribution in [0.1, 0.15) is 66.0 Å². The van der Waals surface area contributed by atoms with Gasteiger partial charge in [0, 0.05) is 22.1 Å². The summed E-state index contributed by atoms with van der Waals surface area (Å²) in [5, 5.41) is 1.50. The van der Waals surface area contributed by atoms with Gasteiger partial charge in [-0.3, -0.25) is 0 Å². The molecule has 0 fully saturated rings. The second kappa shape index (κ2) is 11.4. The van der Waals surface area contributed by atoms with Crippen LogP contribution < -0.4 is 0 Å². The van der Waals surface area contributed by atoms with Crippen LogP contribution in [0.15, 0.2) is 78.9 Å². The second-order valence-corrected chi connectivity index (χ2v) is 8.74. The van der Waals surface area contributed by atoms with Crippen molar-refractivity contribution in [2.45, 2.75) is 46.0 Å². The van der Waals surface area contributed by atoms with Gasteiger partial charge in [0.25, 0.3) is 0 Å². The van der Waals surface area contributed by atoms with E-state index in [1.54, 1.807) is 6.07 Å². The number of hydrogen-bond donors (Lipinski definition) is 0. The third kappa shape index (κ3) is 6.15. The van der Waals surface area contributed by atoms with E-state index in [4.69, 9.17) is 0 Å². The summed E-state index contributed by atoms with van der Waals surface area (Å²) in [4.78, 5) is 0. The van der Waals surface area contributed by atoms with Gasteiger partial charge >= 0.3 is 0 Å². The first-order valence-corrected chi connectivity index (χ1v) is 12.0. The lowest BCUT2D eigenvalue weighted by atomic mass is 10.0. The third-order valence-electron chi connectivity index (χ3n) is 5.96. The molecule has 0 N–H and O–H groups in total. The highest BCUT2D eigenvalue weighted by atomic mass is 19.1. The van der Waals surface area contributed by atoms with Crippen LogP contribution in [0.25, 0.3) is 10.8 Å². The molecule has 0 saturated carbocycles. The molecule has 0 unspecified atom stereocenters. The van der Waals surface area contributed by atoms with Gasteiger partial charge in [0.05, 0.1) is 5.56 Å². The van der Waals surface area contributed by atoms with Crippen LogP contribution in [0.2, 0.25) is 0 Å². The molecule has 0 atom stereocenters. The normalized spacial score (nSPS) is 10.3. The molecule has 4 aromatic carbocycles. The van der Waals surface area contributed by atoms with Crippen molar-refractivity contribution in [1.29, 1.82) is 0 Å². The van der Waals surface area contributed by atoms with Crippen LogP contribution in [0.4, 0.5) is 4.39 Å². The minimum absolute atomic E-state index is 0.264. The summed E-state index contributed by atoms with van der Waals surface area (Å²) >= 11 is 0. The van der Waals surface area contributed by atoms with E-state index in [0.717, 1.165) is 34.1 Å². The lowest BCUT2D eigenvalue weighted by Crippen LogP contribution is -1.87. The van der Waals surface area contributed by atoms with Crippen LogP contribution in [-0.2, 0) is 6.42 Å². The number of benzene rings is 4. The van der Waals surface area contributed by atoms with Gasteiger partial charge < -0.3 is 0 Å². The maximum atomic E-state index is 14.8. The Morgan fingerprint density at radius 2 is 1.26 bits per heavy atom. The van der Waals surface area contributed by atoms with Gasteiger partial charge in [-0.25, -0.2) is 4.39 Å². The molecule has 0 aliphatic rings. The van der Waals surface area contributed by atoms with Crippen molar-refractivity contribution in [3.05, 3.63) is 118 Å². The van der Waals surface area contributed by atoms with Crippen LogP contribution in [0, 0.1) is 36.4 Å².